The molecule has 3 nitrogen and oxygen atoms in total. The van der Waals surface area contributed by atoms with Crippen molar-refractivity contribution in [2.24, 2.45) is 0 Å². The van der Waals surface area contributed by atoms with Gasteiger partial charge >= 0.3 is 0 Å². The minimum absolute atomic E-state index is 0.502. The van der Waals surface area contributed by atoms with Crippen molar-refractivity contribution in [1.29, 1.82) is 0 Å². The van der Waals surface area contributed by atoms with Crippen LogP contribution in [0, 0.1) is 0 Å². The number of fused-ring (bicyclic) bond motifs is 1. The van der Waals surface area contributed by atoms with Crippen LogP contribution in [0.25, 0.3) is 10.9 Å². The molecule has 2 N–H and O–H groups in total. The van der Waals surface area contributed by atoms with Gasteiger partial charge in [-0.2, -0.15) is 0 Å². The predicted octanol–water partition coefficient (Wildman–Crippen LogP) is 4.05. The minimum Gasteiger partial charge on any atom is -0.489 e. The Bertz CT molecular complexity index is 741. The van der Waals surface area contributed by atoms with Crippen LogP contribution in [0.15, 0.2) is 54.6 Å². The van der Waals surface area contributed by atoms with Crippen molar-refractivity contribution in [2.75, 3.05) is 5.73 Å². The van der Waals surface area contributed by atoms with Gasteiger partial charge in [-0.25, -0.2) is 4.98 Å². The lowest BCUT2D eigenvalue weighted by Crippen LogP contribution is -1.96. The van der Waals surface area contributed by atoms with E-state index < -0.39 is 0 Å². The molecule has 100 valence electrons. The Labute approximate surface area is 122 Å². The first kappa shape index (κ1) is 12.8. The molecular weight excluding hydrogens is 272 g/mol. The van der Waals surface area contributed by atoms with Crippen molar-refractivity contribution in [1.82, 2.24) is 4.98 Å². The van der Waals surface area contributed by atoms with Crippen LogP contribution in [0.3, 0.4) is 0 Å². The van der Waals surface area contributed by atoms with Gasteiger partial charge in [0.1, 0.15) is 18.2 Å². The van der Waals surface area contributed by atoms with Gasteiger partial charge in [-0.15, -0.1) is 0 Å². The zero-order valence-electron chi connectivity index (χ0n) is 10.7. The lowest BCUT2D eigenvalue weighted by molar-refractivity contribution is 0.306. The summed E-state index contributed by atoms with van der Waals surface area (Å²) in [4.78, 5) is 4.27. The Morgan fingerprint density at radius 2 is 1.80 bits per heavy atom. The van der Waals surface area contributed by atoms with Crippen molar-refractivity contribution in [3.05, 3.63) is 65.2 Å². The van der Waals surface area contributed by atoms with Crippen LogP contribution in [0.2, 0.25) is 5.02 Å². The molecule has 3 rings (SSSR count). The van der Waals surface area contributed by atoms with Gasteiger partial charge < -0.3 is 10.5 Å². The quantitative estimate of drug-likeness (QED) is 0.789. The normalized spacial score (nSPS) is 10.7. The number of nitrogen functional groups attached to an aromatic ring is 1. The maximum Gasteiger partial charge on any atom is 0.124 e. The standard InChI is InChI=1S/C16H13ClN2O/c17-13-3-5-14(6-4-13)20-10-11-1-7-15-12(9-11)2-8-16(18)19-15/h1-9H,10H2,(H2,18,19). The molecule has 4 heteroatoms. The minimum atomic E-state index is 0.502. The summed E-state index contributed by atoms with van der Waals surface area (Å²) in [7, 11) is 0. The van der Waals surface area contributed by atoms with Crippen LogP contribution in [0.5, 0.6) is 5.75 Å². The summed E-state index contributed by atoms with van der Waals surface area (Å²) >= 11 is 5.83. The number of anilines is 1. The second-order valence-electron chi connectivity index (χ2n) is 4.51. The molecule has 0 saturated heterocycles. The van der Waals surface area contributed by atoms with Crippen LogP contribution in [-0.2, 0) is 6.61 Å². The highest BCUT2D eigenvalue weighted by Gasteiger charge is 2.00. The van der Waals surface area contributed by atoms with E-state index in [9.17, 15) is 0 Å². The van der Waals surface area contributed by atoms with Crippen molar-refractivity contribution in [3.63, 3.8) is 0 Å². The molecule has 0 fully saturated rings. The lowest BCUT2D eigenvalue weighted by Gasteiger charge is -2.07. The number of rotatable bonds is 3. The predicted molar refractivity (Wildman–Crippen MR) is 81.9 cm³/mol. The van der Waals surface area contributed by atoms with E-state index in [0.29, 0.717) is 17.4 Å². The Morgan fingerprint density at radius 1 is 1.00 bits per heavy atom. The average molecular weight is 285 g/mol. The smallest absolute Gasteiger partial charge is 0.124 e. The Balaban J connectivity index is 1.77. The van der Waals surface area contributed by atoms with Gasteiger partial charge in [-0.3, -0.25) is 0 Å². The number of halogens is 1. The van der Waals surface area contributed by atoms with Crippen LogP contribution >= 0.6 is 11.6 Å². The van der Waals surface area contributed by atoms with E-state index in [1.54, 1.807) is 6.07 Å². The fourth-order valence-electron chi connectivity index (χ4n) is 1.98. The molecule has 3 aromatic rings. The largest absolute Gasteiger partial charge is 0.489 e. The number of pyridine rings is 1. The first-order valence-electron chi connectivity index (χ1n) is 6.24. The topological polar surface area (TPSA) is 48.1 Å². The molecule has 0 saturated carbocycles. The summed E-state index contributed by atoms with van der Waals surface area (Å²) < 4.78 is 5.72. The molecule has 0 radical (unpaired) electrons. The van der Waals surface area contributed by atoms with Gasteiger partial charge in [-0.05, 0) is 54.1 Å². The highest BCUT2D eigenvalue weighted by molar-refractivity contribution is 6.30. The SMILES string of the molecule is Nc1ccc2cc(COc3ccc(Cl)cc3)ccc2n1. The fraction of sp³-hybridized carbons (Fsp3) is 0.0625. The Hall–Kier alpha value is -2.26. The molecule has 0 unspecified atom stereocenters. The Kier molecular flexibility index (Phi) is 3.44. The van der Waals surface area contributed by atoms with Gasteiger partial charge in [0, 0.05) is 10.4 Å². The van der Waals surface area contributed by atoms with E-state index in [1.807, 2.05) is 42.5 Å². The van der Waals surface area contributed by atoms with E-state index in [4.69, 9.17) is 22.1 Å². The second-order valence-corrected chi connectivity index (χ2v) is 4.94. The van der Waals surface area contributed by atoms with Gasteiger partial charge in [0.2, 0.25) is 0 Å². The zero-order chi connectivity index (χ0) is 13.9. The van der Waals surface area contributed by atoms with Crippen molar-refractivity contribution in [2.45, 2.75) is 6.61 Å². The number of ether oxygens (including phenoxy) is 1. The summed E-state index contributed by atoms with van der Waals surface area (Å²) in [6.07, 6.45) is 0. The third-order valence-corrected chi connectivity index (χ3v) is 3.25. The molecule has 0 amide bonds. The molecule has 1 aromatic heterocycles. The van der Waals surface area contributed by atoms with Crippen molar-refractivity contribution >= 4 is 28.3 Å². The van der Waals surface area contributed by atoms with Crippen molar-refractivity contribution < 1.29 is 4.74 Å². The first-order valence-corrected chi connectivity index (χ1v) is 6.62. The highest BCUT2D eigenvalue weighted by Crippen LogP contribution is 2.19. The highest BCUT2D eigenvalue weighted by atomic mass is 35.5. The summed E-state index contributed by atoms with van der Waals surface area (Å²) in [6.45, 7) is 0.502. The van der Waals surface area contributed by atoms with E-state index in [0.717, 1.165) is 22.2 Å². The van der Waals surface area contributed by atoms with Gasteiger partial charge in [-0.1, -0.05) is 17.7 Å². The number of aromatic nitrogens is 1. The molecule has 20 heavy (non-hydrogen) atoms. The van der Waals surface area contributed by atoms with Crippen LogP contribution in [-0.4, -0.2) is 4.98 Å². The molecule has 0 bridgehead atoms. The molecule has 0 aliphatic rings. The number of benzene rings is 2. The molecule has 0 atom stereocenters. The van der Waals surface area contributed by atoms with Crippen LogP contribution < -0.4 is 10.5 Å². The van der Waals surface area contributed by atoms with E-state index in [2.05, 4.69) is 11.1 Å². The number of hydrogen-bond donors (Lipinski definition) is 1. The van der Waals surface area contributed by atoms with Gasteiger partial charge in [0.05, 0.1) is 5.52 Å². The molecule has 0 aliphatic carbocycles. The van der Waals surface area contributed by atoms with E-state index >= 15 is 0 Å². The third-order valence-electron chi connectivity index (χ3n) is 2.99. The monoisotopic (exact) mass is 284 g/mol. The van der Waals surface area contributed by atoms with Crippen LogP contribution in [0.1, 0.15) is 5.56 Å². The molecular formula is C16H13ClN2O. The summed E-state index contributed by atoms with van der Waals surface area (Å²) in [5.74, 6) is 1.33. The second kappa shape index (κ2) is 5.39. The number of nitrogens with two attached hydrogens (primary N) is 1. The molecule has 0 spiro atoms. The molecule has 2 aromatic carbocycles. The molecule has 1 heterocycles. The van der Waals surface area contributed by atoms with Gasteiger partial charge in [0.25, 0.3) is 0 Å². The maximum absolute atomic E-state index is 5.83. The summed E-state index contributed by atoms with van der Waals surface area (Å²) in [5.41, 5.74) is 7.63. The molecule has 0 aliphatic heterocycles. The number of hydrogen-bond acceptors (Lipinski definition) is 3. The fourth-order valence-corrected chi connectivity index (χ4v) is 2.10. The number of nitrogens with zero attached hydrogens (tertiary/aromatic N) is 1. The first-order chi connectivity index (χ1) is 9.70. The third kappa shape index (κ3) is 2.83. The Morgan fingerprint density at radius 3 is 2.60 bits per heavy atom. The van der Waals surface area contributed by atoms with E-state index in [-0.39, 0.29) is 0 Å². The average Bonchev–Trinajstić information content (AvgIpc) is 2.46. The van der Waals surface area contributed by atoms with Gasteiger partial charge in [0.15, 0.2) is 0 Å². The lowest BCUT2D eigenvalue weighted by atomic mass is 10.1. The summed E-state index contributed by atoms with van der Waals surface area (Å²) in [6, 6.07) is 17.1. The summed E-state index contributed by atoms with van der Waals surface area (Å²) in [5, 5.41) is 1.75. The van der Waals surface area contributed by atoms with E-state index in [1.165, 1.54) is 0 Å². The zero-order valence-corrected chi connectivity index (χ0v) is 11.5. The maximum atomic E-state index is 5.83. The van der Waals surface area contributed by atoms with Crippen molar-refractivity contribution in [3.8, 4) is 5.75 Å². The van der Waals surface area contributed by atoms with Crippen LogP contribution in [0.4, 0.5) is 5.82 Å².